The number of fused-ring (bicyclic) bond motifs is 4. The molecule has 108 valence electrons. The zero-order valence-electron chi connectivity index (χ0n) is 11.5. The van der Waals surface area contributed by atoms with Gasteiger partial charge >= 0.3 is 0 Å². The van der Waals surface area contributed by atoms with E-state index in [0.29, 0.717) is 0 Å². The quantitative estimate of drug-likeness (QED) is 0.735. The maximum Gasteiger partial charge on any atom is 0.217 e. The molecular formula is C13H21NO5. The molecule has 0 aliphatic carbocycles. The first-order valence-corrected chi connectivity index (χ1v) is 6.78. The Balaban J connectivity index is 1.92. The van der Waals surface area contributed by atoms with Gasteiger partial charge in [0.15, 0.2) is 5.79 Å². The van der Waals surface area contributed by atoms with E-state index in [0.717, 1.165) is 12.8 Å². The molecule has 6 heteroatoms. The molecule has 3 fully saturated rings. The first-order chi connectivity index (χ1) is 8.87. The normalized spacial score (nSPS) is 46.9. The van der Waals surface area contributed by atoms with Gasteiger partial charge < -0.3 is 24.6 Å². The molecule has 3 rings (SSSR count). The molecule has 3 aliphatic rings. The third kappa shape index (κ3) is 1.98. The molecule has 0 radical (unpaired) electrons. The Morgan fingerprint density at radius 2 is 2.11 bits per heavy atom. The fourth-order valence-corrected chi connectivity index (χ4v) is 3.55. The number of rotatable bonds is 2. The van der Waals surface area contributed by atoms with Crippen LogP contribution in [0.25, 0.3) is 0 Å². The highest BCUT2D eigenvalue weighted by Gasteiger charge is 2.64. The number of hydrogen-bond acceptors (Lipinski definition) is 5. The maximum absolute atomic E-state index is 11.4. The molecule has 2 N–H and O–H groups in total. The van der Waals surface area contributed by atoms with Crippen molar-refractivity contribution in [1.29, 1.82) is 0 Å². The van der Waals surface area contributed by atoms with Gasteiger partial charge in [-0.25, -0.2) is 0 Å². The minimum Gasteiger partial charge on any atom is -0.393 e. The van der Waals surface area contributed by atoms with E-state index < -0.39 is 11.4 Å². The van der Waals surface area contributed by atoms with Gasteiger partial charge in [0.1, 0.15) is 17.8 Å². The van der Waals surface area contributed by atoms with Crippen molar-refractivity contribution in [2.24, 2.45) is 0 Å². The van der Waals surface area contributed by atoms with Crippen LogP contribution >= 0.6 is 0 Å². The molecule has 0 spiro atoms. The van der Waals surface area contributed by atoms with Crippen molar-refractivity contribution >= 4 is 5.91 Å². The average molecular weight is 271 g/mol. The van der Waals surface area contributed by atoms with Gasteiger partial charge in [0.25, 0.3) is 0 Å². The van der Waals surface area contributed by atoms with Crippen molar-refractivity contribution in [2.45, 2.75) is 69.4 Å². The highest BCUT2D eigenvalue weighted by molar-refractivity contribution is 5.73. The van der Waals surface area contributed by atoms with E-state index in [9.17, 15) is 9.90 Å². The number of nitrogens with one attached hydrogen (secondary N) is 1. The van der Waals surface area contributed by atoms with Crippen molar-refractivity contribution in [3.8, 4) is 0 Å². The van der Waals surface area contributed by atoms with E-state index >= 15 is 0 Å². The standard InChI is InChI=1S/C13H21NO5/c1-7(16)14-9-8-4-5-13(6-15,17-8)11-10(9)18-12(2,3)19-11/h8-11,15H,4-6H2,1-3H3,(H,14,16)/t8-,9+,10-,11-,13-/m1/s1. The molecule has 19 heavy (non-hydrogen) atoms. The SMILES string of the molecule is CC(=O)N[C@@H]1[C@H]2OC(C)(C)O[C@H]2[C@]2(CO)CC[C@H]1O2. The van der Waals surface area contributed by atoms with Crippen molar-refractivity contribution in [1.82, 2.24) is 5.32 Å². The molecule has 3 aliphatic heterocycles. The van der Waals surface area contributed by atoms with Crippen LogP contribution in [0.3, 0.4) is 0 Å². The summed E-state index contributed by atoms with van der Waals surface area (Å²) in [7, 11) is 0. The lowest BCUT2D eigenvalue weighted by molar-refractivity contribution is -0.198. The summed E-state index contributed by atoms with van der Waals surface area (Å²) in [6, 6.07) is -0.216. The van der Waals surface area contributed by atoms with Crippen LogP contribution in [-0.2, 0) is 19.0 Å². The van der Waals surface area contributed by atoms with Crippen molar-refractivity contribution in [3.63, 3.8) is 0 Å². The lowest BCUT2D eigenvalue weighted by atomic mass is 9.88. The second kappa shape index (κ2) is 4.15. The average Bonchev–Trinajstić information content (AvgIpc) is 2.85. The van der Waals surface area contributed by atoms with Crippen LogP contribution in [0.2, 0.25) is 0 Å². The zero-order valence-corrected chi connectivity index (χ0v) is 11.5. The molecule has 2 bridgehead atoms. The fraction of sp³-hybridized carbons (Fsp3) is 0.923. The van der Waals surface area contributed by atoms with Gasteiger partial charge in [-0.1, -0.05) is 0 Å². The largest absolute Gasteiger partial charge is 0.393 e. The summed E-state index contributed by atoms with van der Waals surface area (Å²) in [5.41, 5.74) is -0.682. The smallest absolute Gasteiger partial charge is 0.217 e. The minimum absolute atomic E-state index is 0.0864. The molecule has 0 unspecified atom stereocenters. The number of aliphatic hydroxyl groups is 1. The summed E-state index contributed by atoms with van der Waals surface area (Å²) in [5, 5.41) is 12.6. The first kappa shape index (κ1) is 13.3. The van der Waals surface area contributed by atoms with Gasteiger partial charge in [-0.2, -0.15) is 0 Å². The Morgan fingerprint density at radius 3 is 2.74 bits per heavy atom. The van der Waals surface area contributed by atoms with Crippen molar-refractivity contribution in [3.05, 3.63) is 0 Å². The zero-order chi connectivity index (χ0) is 13.8. The van der Waals surface area contributed by atoms with Gasteiger partial charge in [-0.15, -0.1) is 0 Å². The van der Waals surface area contributed by atoms with Gasteiger partial charge in [-0.3, -0.25) is 4.79 Å². The molecular weight excluding hydrogens is 250 g/mol. The lowest BCUT2D eigenvalue weighted by Gasteiger charge is -2.43. The second-order valence-corrected chi connectivity index (χ2v) is 6.16. The summed E-state index contributed by atoms with van der Waals surface area (Å²) in [6.07, 6.45) is 0.793. The molecule has 0 aromatic rings. The number of ether oxygens (including phenoxy) is 3. The molecule has 5 atom stereocenters. The Morgan fingerprint density at radius 1 is 1.37 bits per heavy atom. The van der Waals surface area contributed by atoms with Crippen LogP contribution in [0.5, 0.6) is 0 Å². The van der Waals surface area contributed by atoms with Crippen molar-refractivity contribution < 1.29 is 24.1 Å². The molecule has 0 aromatic heterocycles. The summed E-state index contributed by atoms with van der Waals surface area (Å²) < 4.78 is 17.9. The van der Waals surface area contributed by atoms with Gasteiger partial charge in [0, 0.05) is 6.92 Å². The molecule has 1 amide bonds. The molecule has 0 saturated carbocycles. The molecule has 0 aromatic carbocycles. The number of aliphatic hydroxyl groups excluding tert-OH is 1. The Kier molecular flexibility index (Phi) is 2.91. The number of carbonyl (C=O) groups is 1. The molecule has 3 saturated heterocycles. The predicted octanol–water partition coefficient (Wildman–Crippen LogP) is -0.0651. The van der Waals surface area contributed by atoms with Crippen LogP contribution in [0.1, 0.15) is 33.6 Å². The third-order valence-electron chi connectivity index (χ3n) is 4.28. The van der Waals surface area contributed by atoms with Crippen LogP contribution in [0.4, 0.5) is 0 Å². The number of hydrogen-bond donors (Lipinski definition) is 2. The monoisotopic (exact) mass is 271 g/mol. The highest BCUT2D eigenvalue weighted by Crippen LogP contribution is 2.49. The van der Waals surface area contributed by atoms with E-state index in [1.165, 1.54) is 6.92 Å². The summed E-state index contributed by atoms with van der Waals surface area (Å²) in [4.78, 5) is 11.4. The fourth-order valence-electron chi connectivity index (χ4n) is 3.55. The summed E-state index contributed by atoms with van der Waals surface area (Å²) >= 11 is 0. The highest BCUT2D eigenvalue weighted by atomic mass is 16.8. The van der Waals surface area contributed by atoms with Crippen LogP contribution in [-0.4, -0.2) is 53.4 Å². The van der Waals surface area contributed by atoms with E-state index in [1.54, 1.807) is 0 Å². The predicted molar refractivity (Wildman–Crippen MR) is 65.4 cm³/mol. The lowest BCUT2D eigenvalue weighted by Crippen LogP contribution is -2.64. The van der Waals surface area contributed by atoms with Crippen LogP contribution in [0, 0.1) is 0 Å². The van der Waals surface area contributed by atoms with Gasteiger partial charge in [0.2, 0.25) is 5.91 Å². The number of carbonyl (C=O) groups excluding carboxylic acids is 1. The Labute approximate surface area is 112 Å². The number of amides is 1. The minimum atomic E-state index is -0.720. The van der Waals surface area contributed by atoms with Gasteiger partial charge in [0.05, 0.1) is 18.8 Å². The summed E-state index contributed by atoms with van der Waals surface area (Å²) in [6.45, 7) is 5.08. The van der Waals surface area contributed by atoms with Gasteiger partial charge in [-0.05, 0) is 26.7 Å². The third-order valence-corrected chi connectivity index (χ3v) is 4.28. The Bertz CT molecular complexity index is 398. The van der Waals surface area contributed by atoms with E-state index in [1.807, 2.05) is 13.8 Å². The second-order valence-electron chi connectivity index (χ2n) is 6.16. The summed E-state index contributed by atoms with van der Waals surface area (Å²) in [5.74, 6) is -0.828. The van der Waals surface area contributed by atoms with Crippen LogP contribution in [0.15, 0.2) is 0 Å². The van der Waals surface area contributed by atoms with E-state index in [2.05, 4.69) is 5.32 Å². The first-order valence-electron chi connectivity index (χ1n) is 6.78. The van der Waals surface area contributed by atoms with E-state index in [-0.39, 0.29) is 36.9 Å². The molecule has 6 nitrogen and oxygen atoms in total. The Hall–Kier alpha value is -0.690. The van der Waals surface area contributed by atoms with Crippen molar-refractivity contribution in [2.75, 3.05) is 6.61 Å². The van der Waals surface area contributed by atoms with Crippen LogP contribution < -0.4 is 5.32 Å². The topological polar surface area (TPSA) is 77.0 Å². The van der Waals surface area contributed by atoms with E-state index in [4.69, 9.17) is 14.2 Å². The maximum atomic E-state index is 11.4. The molecule has 3 heterocycles.